The lowest BCUT2D eigenvalue weighted by molar-refractivity contribution is 0.196. The molecule has 1 fully saturated rings. The minimum Gasteiger partial charge on any atom is -0.385 e. The van der Waals surface area contributed by atoms with E-state index in [0.29, 0.717) is 17.4 Å². The van der Waals surface area contributed by atoms with E-state index in [4.69, 9.17) is 10.6 Å². The number of nitrogens with zero attached hydrogens (tertiary/aromatic N) is 1. The van der Waals surface area contributed by atoms with E-state index in [0.717, 1.165) is 19.6 Å². The maximum Gasteiger partial charge on any atom is 0.205 e. The molecule has 1 aliphatic rings. The maximum atomic E-state index is 5.50. The molecule has 1 rings (SSSR count). The van der Waals surface area contributed by atoms with Crippen molar-refractivity contribution in [2.45, 2.75) is 52.0 Å². The lowest BCUT2D eigenvalue weighted by atomic mass is 9.75. The van der Waals surface area contributed by atoms with Crippen molar-refractivity contribution < 1.29 is 4.74 Å². The van der Waals surface area contributed by atoms with Crippen LogP contribution in [0.25, 0.3) is 0 Å². The number of hydrogen-bond acceptors (Lipinski definition) is 3. The molecule has 0 aromatic heterocycles. The molecule has 0 bridgehead atoms. The third kappa shape index (κ3) is 5.69. The van der Waals surface area contributed by atoms with Crippen molar-refractivity contribution in [1.29, 1.82) is 0 Å². The molecule has 0 radical (unpaired) electrons. The predicted octanol–water partition coefficient (Wildman–Crippen LogP) is 1.40. The van der Waals surface area contributed by atoms with Gasteiger partial charge in [0.1, 0.15) is 0 Å². The molecule has 5 heteroatoms. The average Bonchev–Trinajstić information content (AvgIpc) is 2.32. The zero-order valence-electron chi connectivity index (χ0n) is 12.0. The Morgan fingerprint density at radius 1 is 1.50 bits per heavy atom. The van der Waals surface area contributed by atoms with Crippen molar-refractivity contribution in [3.63, 3.8) is 0 Å². The van der Waals surface area contributed by atoms with Crippen LogP contribution in [-0.4, -0.2) is 32.3 Å². The second-order valence-corrected chi connectivity index (χ2v) is 5.82. The maximum absolute atomic E-state index is 5.50. The van der Waals surface area contributed by atoms with Crippen LogP contribution in [0.5, 0.6) is 0 Å². The number of hydrogen-bond donors (Lipinski definition) is 3. The molecule has 0 heterocycles. The summed E-state index contributed by atoms with van der Waals surface area (Å²) in [5.41, 5.74) is 3.07. The first-order valence-corrected chi connectivity index (χ1v) is 6.84. The van der Waals surface area contributed by atoms with E-state index < -0.39 is 0 Å². The van der Waals surface area contributed by atoms with Gasteiger partial charge in [-0.05, 0) is 31.1 Å². The molecule has 5 nitrogen and oxygen atoms in total. The summed E-state index contributed by atoms with van der Waals surface area (Å²) in [6, 6.07) is 0.478. The molecule has 1 unspecified atom stereocenters. The molecular formula is C13H28N4O. The van der Waals surface area contributed by atoms with E-state index in [1.807, 2.05) is 0 Å². The summed E-state index contributed by atoms with van der Waals surface area (Å²) in [4.78, 5) is 4.41. The Morgan fingerprint density at radius 3 is 2.89 bits per heavy atom. The Kier molecular flexibility index (Phi) is 6.43. The molecule has 0 spiro atoms. The molecule has 18 heavy (non-hydrogen) atoms. The highest BCUT2D eigenvalue weighted by molar-refractivity contribution is 5.79. The summed E-state index contributed by atoms with van der Waals surface area (Å²) < 4.78 is 4.99. The number of nitrogens with two attached hydrogens (primary N) is 1. The first-order chi connectivity index (χ1) is 8.57. The molecule has 0 amide bonds. The van der Waals surface area contributed by atoms with Gasteiger partial charge in [-0.15, -0.1) is 0 Å². The summed E-state index contributed by atoms with van der Waals surface area (Å²) in [6.07, 6.45) is 5.86. The molecule has 106 valence electrons. The van der Waals surface area contributed by atoms with Gasteiger partial charge in [-0.3, -0.25) is 10.4 Å². The smallest absolute Gasteiger partial charge is 0.205 e. The molecule has 1 aliphatic carbocycles. The number of hydrazine groups is 1. The summed E-state index contributed by atoms with van der Waals surface area (Å²) in [5, 5.41) is 3.41. The van der Waals surface area contributed by atoms with E-state index in [1.165, 1.54) is 25.7 Å². The second kappa shape index (κ2) is 7.59. The van der Waals surface area contributed by atoms with E-state index in [9.17, 15) is 0 Å². The average molecular weight is 256 g/mol. The predicted molar refractivity (Wildman–Crippen MR) is 75.3 cm³/mol. The molecule has 0 aromatic carbocycles. The fourth-order valence-corrected chi connectivity index (χ4v) is 2.55. The number of nitrogens with one attached hydrogen (secondary N) is 2. The lowest BCUT2D eigenvalue weighted by Gasteiger charge is -2.36. The number of aliphatic imine (C=N–C) groups is 1. The van der Waals surface area contributed by atoms with Crippen molar-refractivity contribution in [3.05, 3.63) is 0 Å². The number of ether oxygens (including phenoxy) is 1. The van der Waals surface area contributed by atoms with E-state index in [-0.39, 0.29) is 0 Å². The molecule has 4 N–H and O–H groups in total. The van der Waals surface area contributed by atoms with Crippen LogP contribution >= 0.6 is 0 Å². The van der Waals surface area contributed by atoms with Gasteiger partial charge in [0.05, 0.1) is 0 Å². The summed E-state index contributed by atoms with van der Waals surface area (Å²) >= 11 is 0. The third-order valence-electron chi connectivity index (χ3n) is 3.46. The highest BCUT2D eigenvalue weighted by Crippen LogP contribution is 2.34. The summed E-state index contributed by atoms with van der Waals surface area (Å²) in [7, 11) is 1.70. The van der Waals surface area contributed by atoms with Gasteiger partial charge in [-0.1, -0.05) is 20.3 Å². The monoisotopic (exact) mass is 256 g/mol. The highest BCUT2D eigenvalue weighted by Gasteiger charge is 2.28. The van der Waals surface area contributed by atoms with Crippen molar-refractivity contribution in [2.24, 2.45) is 16.3 Å². The third-order valence-corrected chi connectivity index (χ3v) is 3.46. The van der Waals surface area contributed by atoms with Crippen molar-refractivity contribution in [2.75, 3.05) is 20.3 Å². The SMILES string of the molecule is COCCCN=C(NN)NC1CCCC(C)(C)C1. The van der Waals surface area contributed by atoms with Gasteiger partial charge in [-0.2, -0.15) is 0 Å². The summed E-state index contributed by atoms with van der Waals surface area (Å²) in [6.45, 7) is 6.12. The van der Waals surface area contributed by atoms with Gasteiger partial charge < -0.3 is 10.1 Å². The fraction of sp³-hybridized carbons (Fsp3) is 0.923. The Morgan fingerprint density at radius 2 is 2.28 bits per heavy atom. The minimum atomic E-state index is 0.422. The van der Waals surface area contributed by atoms with Crippen LogP contribution in [0.15, 0.2) is 4.99 Å². The minimum absolute atomic E-state index is 0.422. The van der Waals surface area contributed by atoms with Gasteiger partial charge >= 0.3 is 0 Å². The van der Waals surface area contributed by atoms with Gasteiger partial charge in [0.2, 0.25) is 5.96 Å². The van der Waals surface area contributed by atoms with E-state index in [2.05, 4.69) is 29.6 Å². The van der Waals surface area contributed by atoms with Crippen molar-refractivity contribution >= 4 is 5.96 Å². The molecule has 1 atom stereocenters. The number of guanidine groups is 1. The van der Waals surface area contributed by atoms with E-state index >= 15 is 0 Å². The van der Waals surface area contributed by atoms with Gasteiger partial charge in [0, 0.05) is 26.3 Å². The molecular weight excluding hydrogens is 228 g/mol. The van der Waals surface area contributed by atoms with Crippen LogP contribution in [0.2, 0.25) is 0 Å². The summed E-state index contributed by atoms with van der Waals surface area (Å²) in [5.74, 6) is 6.20. The van der Waals surface area contributed by atoms with Gasteiger partial charge in [0.25, 0.3) is 0 Å². The van der Waals surface area contributed by atoms with Crippen LogP contribution in [0.3, 0.4) is 0 Å². The number of rotatable bonds is 5. The first-order valence-electron chi connectivity index (χ1n) is 6.84. The van der Waals surface area contributed by atoms with Gasteiger partial charge in [0.15, 0.2) is 0 Å². The molecule has 0 saturated heterocycles. The Hall–Kier alpha value is -0.810. The second-order valence-electron chi connectivity index (χ2n) is 5.82. The molecule has 0 aromatic rings. The first kappa shape index (κ1) is 15.2. The van der Waals surface area contributed by atoms with Crippen molar-refractivity contribution in [3.8, 4) is 0 Å². The Labute approximate surface area is 111 Å². The van der Waals surface area contributed by atoms with Crippen LogP contribution in [-0.2, 0) is 4.74 Å². The Balaban J connectivity index is 2.37. The molecule has 1 saturated carbocycles. The number of methoxy groups -OCH3 is 1. The Bertz CT molecular complexity index is 266. The van der Waals surface area contributed by atoms with Crippen LogP contribution in [0.1, 0.15) is 46.0 Å². The highest BCUT2D eigenvalue weighted by atomic mass is 16.5. The zero-order valence-corrected chi connectivity index (χ0v) is 12.0. The standard InChI is InChI=1S/C13H28N4O/c1-13(2)7-4-6-11(10-13)16-12(17-14)15-8-5-9-18-3/h11H,4-10,14H2,1-3H3,(H2,15,16,17). The lowest BCUT2D eigenvalue weighted by Crippen LogP contribution is -2.48. The van der Waals surface area contributed by atoms with Crippen LogP contribution in [0.4, 0.5) is 0 Å². The van der Waals surface area contributed by atoms with Crippen molar-refractivity contribution in [1.82, 2.24) is 10.7 Å². The van der Waals surface area contributed by atoms with Gasteiger partial charge in [-0.25, -0.2) is 5.84 Å². The van der Waals surface area contributed by atoms with Crippen LogP contribution < -0.4 is 16.6 Å². The zero-order chi connectivity index (χ0) is 13.4. The van der Waals surface area contributed by atoms with Crippen LogP contribution in [0, 0.1) is 5.41 Å². The molecule has 0 aliphatic heterocycles. The normalized spacial score (nSPS) is 23.8. The fourth-order valence-electron chi connectivity index (χ4n) is 2.55. The largest absolute Gasteiger partial charge is 0.385 e. The topological polar surface area (TPSA) is 71.7 Å². The quantitative estimate of drug-likeness (QED) is 0.229. The van der Waals surface area contributed by atoms with E-state index in [1.54, 1.807) is 7.11 Å².